The molecule has 1 N–H and O–H groups in total. The maximum Gasteiger partial charge on any atom is 0.373 e. The third kappa shape index (κ3) is 4.77. The number of allylic oxidation sites excluding steroid dienone is 5. The molecule has 0 atom stereocenters. The van der Waals surface area contributed by atoms with Gasteiger partial charge in [-0.3, -0.25) is 14.3 Å². The van der Waals surface area contributed by atoms with E-state index in [4.69, 9.17) is 9.47 Å². The molecule has 0 saturated heterocycles. The Bertz CT molecular complexity index is 1480. The lowest BCUT2D eigenvalue weighted by Crippen LogP contribution is -2.26. The van der Waals surface area contributed by atoms with Crippen molar-refractivity contribution in [2.75, 3.05) is 0 Å². The molecule has 7 nitrogen and oxygen atoms in total. The fourth-order valence-electron chi connectivity index (χ4n) is 3.73. The molecule has 0 radical (unpaired) electrons. The number of carboxylic acids is 1. The zero-order valence-corrected chi connectivity index (χ0v) is 19.2. The molecule has 35 heavy (non-hydrogen) atoms. The highest BCUT2D eigenvalue weighted by Gasteiger charge is 2.28. The summed E-state index contributed by atoms with van der Waals surface area (Å²) < 4.78 is 26.2. The van der Waals surface area contributed by atoms with Crippen LogP contribution >= 0.6 is 0 Å². The molecule has 0 saturated carbocycles. The van der Waals surface area contributed by atoms with Crippen LogP contribution in [0.25, 0.3) is 17.2 Å². The van der Waals surface area contributed by atoms with Crippen LogP contribution in [0.1, 0.15) is 23.6 Å². The predicted octanol–water partition coefficient (Wildman–Crippen LogP) is 5.09. The van der Waals surface area contributed by atoms with Gasteiger partial charge in [0.2, 0.25) is 5.76 Å². The Morgan fingerprint density at radius 3 is 2.69 bits per heavy atom. The molecule has 178 valence electrons. The highest BCUT2D eigenvalue weighted by atomic mass is 19.1. The lowest BCUT2D eigenvalue weighted by Gasteiger charge is -2.22. The first kappa shape index (κ1) is 23.7. The van der Waals surface area contributed by atoms with Gasteiger partial charge >= 0.3 is 5.97 Å². The monoisotopic (exact) mass is 474 g/mol. The summed E-state index contributed by atoms with van der Waals surface area (Å²) in [6.45, 7) is 6.90. The molecule has 0 spiro atoms. The lowest BCUT2D eigenvalue weighted by atomic mass is 10.0. The molecule has 0 bridgehead atoms. The summed E-state index contributed by atoms with van der Waals surface area (Å²) in [4.78, 5) is 29.6. The van der Waals surface area contributed by atoms with Crippen LogP contribution in [0, 0.1) is 6.92 Å². The number of aliphatic carboxylic acids is 1. The topological polar surface area (TPSA) is 90.6 Å². The molecule has 1 aliphatic heterocycles. The van der Waals surface area contributed by atoms with Crippen molar-refractivity contribution < 1.29 is 23.8 Å². The van der Waals surface area contributed by atoms with E-state index in [-0.39, 0.29) is 30.2 Å². The number of ether oxygens (including phenoxy) is 2. The number of halogens is 1. The molecule has 3 aromatic rings. The molecule has 0 unspecified atom stereocenters. The van der Waals surface area contributed by atoms with Crippen molar-refractivity contribution in [3.05, 3.63) is 106 Å². The summed E-state index contributed by atoms with van der Waals surface area (Å²) >= 11 is 0. The molecule has 0 fully saturated rings. The standard InChI is InChI=1S/C27H23FN2O5/c1-4-18(11-10-16(2)28)12-20-13-29-22-23-25(20)35-21(27(32)33)14-30(23)26(31)17(3)24(22)34-15-19-8-6-5-7-9-19/h4-11,13-14H,1,12,15H2,2-3H3,(H,32,33)/b16-10+,18-11+. The van der Waals surface area contributed by atoms with Crippen LogP contribution in [0.4, 0.5) is 4.39 Å². The van der Waals surface area contributed by atoms with E-state index in [0.29, 0.717) is 27.9 Å². The summed E-state index contributed by atoms with van der Waals surface area (Å²) in [7, 11) is 0. The van der Waals surface area contributed by atoms with Gasteiger partial charge < -0.3 is 14.6 Å². The molecular weight excluding hydrogens is 451 g/mol. The average molecular weight is 474 g/mol. The Hall–Kier alpha value is -4.46. The smallest absolute Gasteiger partial charge is 0.373 e. The van der Waals surface area contributed by atoms with Gasteiger partial charge in [0, 0.05) is 18.2 Å². The second-order valence-corrected chi connectivity index (χ2v) is 7.99. The van der Waals surface area contributed by atoms with Crippen LogP contribution in [-0.4, -0.2) is 20.6 Å². The Morgan fingerprint density at radius 2 is 2.03 bits per heavy atom. The van der Waals surface area contributed by atoms with Gasteiger partial charge in [0.15, 0.2) is 11.5 Å². The SMILES string of the molecule is C=C/C(=C\C=C(/C)F)Cc1cnc2c(OCc3ccccc3)c(C)c(=O)n3c2c1OC(C(=O)O)=C3. The van der Waals surface area contributed by atoms with Crippen LogP contribution in [0.3, 0.4) is 0 Å². The van der Waals surface area contributed by atoms with E-state index in [1.54, 1.807) is 19.1 Å². The fraction of sp³-hybridized carbons (Fsp3) is 0.148. The van der Waals surface area contributed by atoms with Gasteiger partial charge in [0.05, 0.1) is 17.6 Å². The second kappa shape index (κ2) is 9.80. The average Bonchev–Trinajstić information content (AvgIpc) is 2.85. The van der Waals surface area contributed by atoms with Crippen molar-refractivity contribution >= 4 is 23.2 Å². The first-order valence-electron chi connectivity index (χ1n) is 10.8. The van der Waals surface area contributed by atoms with Crippen LogP contribution < -0.4 is 15.0 Å². The minimum atomic E-state index is -1.32. The van der Waals surface area contributed by atoms with E-state index in [1.807, 2.05) is 30.3 Å². The van der Waals surface area contributed by atoms with Gasteiger partial charge in [0.1, 0.15) is 17.6 Å². The zero-order chi connectivity index (χ0) is 25.1. The third-order valence-corrected chi connectivity index (χ3v) is 5.50. The van der Waals surface area contributed by atoms with E-state index in [2.05, 4.69) is 11.6 Å². The minimum Gasteiger partial charge on any atom is -0.486 e. The maximum atomic E-state index is 13.3. The van der Waals surface area contributed by atoms with Gasteiger partial charge in [-0.2, -0.15) is 0 Å². The molecule has 0 amide bonds. The van der Waals surface area contributed by atoms with E-state index in [9.17, 15) is 19.1 Å². The van der Waals surface area contributed by atoms with E-state index >= 15 is 0 Å². The Kier molecular flexibility index (Phi) is 6.64. The summed E-state index contributed by atoms with van der Waals surface area (Å²) in [5.74, 6) is -1.64. The molecule has 1 aliphatic rings. The molecule has 4 rings (SSSR count). The number of carbonyl (C=O) groups is 1. The van der Waals surface area contributed by atoms with Gasteiger partial charge in [-0.15, -0.1) is 0 Å². The number of benzene rings is 1. The molecule has 2 aromatic heterocycles. The normalized spacial score (nSPS) is 13.3. The van der Waals surface area contributed by atoms with Crippen LogP contribution in [-0.2, 0) is 17.8 Å². The Morgan fingerprint density at radius 1 is 1.29 bits per heavy atom. The predicted molar refractivity (Wildman–Crippen MR) is 131 cm³/mol. The number of aromatic nitrogens is 2. The van der Waals surface area contributed by atoms with Crippen molar-refractivity contribution in [3.8, 4) is 11.5 Å². The summed E-state index contributed by atoms with van der Waals surface area (Å²) in [5, 5.41) is 9.58. The summed E-state index contributed by atoms with van der Waals surface area (Å²) in [5.41, 5.74) is 2.57. The van der Waals surface area contributed by atoms with Crippen molar-refractivity contribution in [3.63, 3.8) is 0 Å². The molecular formula is C27H23FN2O5. The highest BCUT2D eigenvalue weighted by molar-refractivity contribution is 5.96. The van der Waals surface area contributed by atoms with Crippen molar-refractivity contribution in [1.82, 2.24) is 9.55 Å². The first-order chi connectivity index (χ1) is 16.8. The fourth-order valence-corrected chi connectivity index (χ4v) is 3.73. The quantitative estimate of drug-likeness (QED) is 0.458. The van der Waals surface area contributed by atoms with Crippen LogP contribution in [0.2, 0.25) is 0 Å². The molecule has 3 heterocycles. The largest absolute Gasteiger partial charge is 0.486 e. The third-order valence-electron chi connectivity index (χ3n) is 5.50. The number of hydrogen-bond donors (Lipinski definition) is 1. The second-order valence-electron chi connectivity index (χ2n) is 7.99. The summed E-state index contributed by atoms with van der Waals surface area (Å²) in [6, 6.07) is 9.48. The number of nitrogens with zero attached hydrogens (tertiary/aromatic N) is 2. The van der Waals surface area contributed by atoms with Crippen LogP contribution in [0.5, 0.6) is 11.5 Å². The van der Waals surface area contributed by atoms with E-state index in [1.165, 1.54) is 23.8 Å². The van der Waals surface area contributed by atoms with Gasteiger partial charge in [-0.1, -0.05) is 49.1 Å². The lowest BCUT2D eigenvalue weighted by molar-refractivity contribution is -0.134. The molecule has 8 heteroatoms. The van der Waals surface area contributed by atoms with Crippen molar-refractivity contribution in [1.29, 1.82) is 0 Å². The number of hydrogen-bond acceptors (Lipinski definition) is 5. The van der Waals surface area contributed by atoms with E-state index < -0.39 is 17.3 Å². The van der Waals surface area contributed by atoms with Gasteiger partial charge in [-0.25, -0.2) is 9.18 Å². The minimum absolute atomic E-state index is 0.172. The highest BCUT2D eigenvalue weighted by Crippen LogP contribution is 2.38. The Balaban J connectivity index is 1.90. The number of pyridine rings is 2. The maximum absolute atomic E-state index is 13.3. The Labute approximate surface area is 200 Å². The zero-order valence-electron chi connectivity index (χ0n) is 19.2. The first-order valence-corrected chi connectivity index (χ1v) is 10.8. The van der Waals surface area contributed by atoms with Crippen molar-refractivity contribution in [2.45, 2.75) is 26.9 Å². The van der Waals surface area contributed by atoms with E-state index in [0.717, 1.165) is 11.8 Å². The van der Waals surface area contributed by atoms with Gasteiger partial charge in [0.25, 0.3) is 5.56 Å². The number of carboxylic acid groups (broad SMARTS) is 1. The molecule has 0 aliphatic carbocycles. The summed E-state index contributed by atoms with van der Waals surface area (Å²) in [6.07, 6.45) is 7.32. The van der Waals surface area contributed by atoms with Gasteiger partial charge in [-0.05, 0) is 31.1 Å². The van der Waals surface area contributed by atoms with Crippen molar-refractivity contribution in [2.24, 2.45) is 0 Å². The molecule has 1 aromatic carbocycles. The van der Waals surface area contributed by atoms with Crippen LogP contribution in [0.15, 0.2) is 83.3 Å². The number of rotatable bonds is 8.